The molecule has 0 aliphatic heterocycles. The summed E-state index contributed by atoms with van der Waals surface area (Å²) in [5.41, 5.74) is 9.26. The van der Waals surface area contributed by atoms with Gasteiger partial charge in [0.25, 0.3) is 5.91 Å². The number of carbonyl (C=O) groups excluding carboxylic acids is 1. The van der Waals surface area contributed by atoms with Gasteiger partial charge in [0.15, 0.2) is 5.69 Å². The molecule has 3 N–H and O–H groups in total. The quantitative estimate of drug-likeness (QED) is 0.0866. The first kappa shape index (κ1) is 28.3. The lowest BCUT2D eigenvalue weighted by molar-refractivity contribution is 0.0919. The van der Waals surface area contributed by atoms with Crippen LogP contribution < -0.4 is 5.73 Å². The Balaban J connectivity index is 1.58. The number of amides is 1. The maximum atomic E-state index is 12.9. The van der Waals surface area contributed by atoms with Crippen LogP contribution in [0.3, 0.4) is 0 Å². The van der Waals surface area contributed by atoms with Gasteiger partial charge < -0.3 is 5.73 Å². The first-order valence-corrected chi connectivity index (χ1v) is 14.4. The molecular weight excluding hydrogens is 781 g/mol. The van der Waals surface area contributed by atoms with Crippen molar-refractivity contribution in [1.82, 2.24) is 16.2 Å². The normalized spacial score (nSPS) is 11.2. The number of fused-ring (bicyclic) bond motifs is 1. The lowest BCUT2D eigenvalue weighted by Crippen LogP contribution is -2.37. The molecule has 3 rings (SSSR count). The zero-order chi connectivity index (χ0) is 25.7. The molecule has 10 heteroatoms. The summed E-state index contributed by atoms with van der Waals surface area (Å²) in [6.07, 6.45) is 3.96. The van der Waals surface area contributed by atoms with Crippen molar-refractivity contribution in [2.75, 3.05) is 12.3 Å². The predicted octanol–water partition coefficient (Wildman–Crippen LogP) is 6.73. The van der Waals surface area contributed by atoms with Gasteiger partial charge in [-0.25, -0.2) is 13.1 Å². The van der Waals surface area contributed by atoms with E-state index in [2.05, 4.69) is 83.1 Å². The number of anilines is 1. The maximum Gasteiger partial charge on any atom is 0.290 e. The first-order chi connectivity index (χ1) is 16.6. The van der Waals surface area contributed by atoms with Crippen LogP contribution in [0.1, 0.15) is 54.0 Å². The second-order valence-electron chi connectivity index (χ2n) is 8.81. The van der Waals surface area contributed by atoms with Crippen molar-refractivity contribution < 1.29 is 4.79 Å². The summed E-state index contributed by atoms with van der Waals surface area (Å²) in [5, 5.41) is 11.2. The Hall–Kier alpha value is -1.29. The SMILES string of the molecule is Cc1nc(C(=O)N(I)C(=N)N(I)CCCCc2ccc(CC(C)C)c3ccccc23)c(I)nc1N. The van der Waals surface area contributed by atoms with E-state index in [0.29, 0.717) is 27.7 Å². The van der Waals surface area contributed by atoms with Crippen LogP contribution in [0.2, 0.25) is 0 Å². The molecule has 3 aromatic rings. The summed E-state index contributed by atoms with van der Waals surface area (Å²) in [4.78, 5) is 21.4. The molecule has 1 amide bonds. The highest BCUT2D eigenvalue weighted by Gasteiger charge is 2.25. The number of aryl methyl sites for hydroxylation is 2. The number of nitrogens with one attached hydrogen (secondary N) is 1. The van der Waals surface area contributed by atoms with Crippen molar-refractivity contribution in [3.63, 3.8) is 0 Å². The Morgan fingerprint density at radius 2 is 1.69 bits per heavy atom. The number of halogens is 3. The van der Waals surface area contributed by atoms with Crippen LogP contribution in [0.4, 0.5) is 5.82 Å². The molecule has 0 spiro atoms. The first-order valence-electron chi connectivity index (χ1n) is 11.4. The highest BCUT2D eigenvalue weighted by molar-refractivity contribution is 14.1. The van der Waals surface area contributed by atoms with Gasteiger partial charge in [-0.2, -0.15) is 0 Å². The number of rotatable bonds is 8. The van der Waals surface area contributed by atoms with Crippen molar-refractivity contribution in [2.45, 2.75) is 46.5 Å². The lowest BCUT2D eigenvalue weighted by atomic mass is 9.92. The van der Waals surface area contributed by atoms with E-state index in [0.717, 1.165) is 25.7 Å². The highest BCUT2D eigenvalue weighted by Crippen LogP contribution is 2.26. The molecule has 35 heavy (non-hydrogen) atoms. The molecule has 7 nitrogen and oxygen atoms in total. The number of benzene rings is 2. The van der Waals surface area contributed by atoms with E-state index in [1.165, 1.54) is 25.0 Å². The third-order valence-electron chi connectivity index (χ3n) is 5.64. The van der Waals surface area contributed by atoms with Crippen molar-refractivity contribution in [1.29, 1.82) is 5.41 Å². The second-order valence-corrected chi connectivity index (χ2v) is 12.0. The van der Waals surface area contributed by atoms with Gasteiger partial charge in [0, 0.05) is 6.54 Å². The van der Waals surface area contributed by atoms with Crippen molar-refractivity contribution in [3.05, 3.63) is 62.6 Å². The Labute approximate surface area is 248 Å². The monoisotopic (exact) mass is 810 g/mol. The summed E-state index contributed by atoms with van der Waals surface area (Å²) in [7, 11) is 0. The molecule has 186 valence electrons. The Kier molecular flexibility index (Phi) is 10.3. The maximum absolute atomic E-state index is 12.9. The average molecular weight is 810 g/mol. The Morgan fingerprint density at radius 1 is 1.06 bits per heavy atom. The van der Waals surface area contributed by atoms with E-state index < -0.39 is 0 Å². The summed E-state index contributed by atoms with van der Waals surface area (Å²) in [6.45, 7) is 6.89. The van der Waals surface area contributed by atoms with Crippen LogP contribution >= 0.6 is 68.3 Å². The third kappa shape index (κ3) is 7.14. The summed E-state index contributed by atoms with van der Waals surface area (Å²) in [5.74, 6) is 0.647. The fraction of sp³-hybridized carbons (Fsp3) is 0.360. The lowest BCUT2D eigenvalue weighted by Gasteiger charge is -2.23. The van der Waals surface area contributed by atoms with Crippen LogP contribution in [0.25, 0.3) is 10.8 Å². The molecule has 2 aromatic carbocycles. The number of unbranched alkanes of at least 4 members (excludes halogenated alkanes) is 1. The van der Waals surface area contributed by atoms with E-state index in [1.807, 2.05) is 45.5 Å². The summed E-state index contributed by atoms with van der Waals surface area (Å²) < 4.78 is 3.46. The largest absolute Gasteiger partial charge is 0.382 e. The fourth-order valence-electron chi connectivity index (χ4n) is 3.86. The van der Waals surface area contributed by atoms with E-state index in [-0.39, 0.29) is 17.6 Å². The number of nitrogens with zero attached hydrogens (tertiary/aromatic N) is 4. The minimum absolute atomic E-state index is 0.103. The van der Waals surface area contributed by atoms with Gasteiger partial charge in [-0.1, -0.05) is 50.2 Å². The van der Waals surface area contributed by atoms with Gasteiger partial charge in [0.1, 0.15) is 9.52 Å². The molecule has 1 heterocycles. The Morgan fingerprint density at radius 3 is 2.34 bits per heavy atom. The molecule has 0 fully saturated rings. The van der Waals surface area contributed by atoms with Crippen LogP contribution in [-0.4, -0.2) is 34.6 Å². The number of hydrogen-bond donors (Lipinski definition) is 2. The van der Waals surface area contributed by atoms with Crippen molar-refractivity contribution in [2.24, 2.45) is 5.92 Å². The molecule has 0 atom stereocenters. The molecule has 0 unspecified atom stereocenters. The smallest absolute Gasteiger partial charge is 0.290 e. The summed E-state index contributed by atoms with van der Waals surface area (Å²) >= 11 is 5.89. The van der Waals surface area contributed by atoms with Crippen LogP contribution in [0.5, 0.6) is 0 Å². The minimum atomic E-state index is -0.384. The number of nitrogen functional groups attached to an aromatic ring is 1. The minimum Gasteiger partial charge on any atom is -0.382 e. The highest BCUT2D eigenvalue weighted by atomic mass is 127. The summed E-state index contributed by atoms with van der Waals surface area (Å²) in [6, 6.07) is 13.2. The number of guanidine groups is 1. The third-order valence-corrected chi connectivity index (χ3v) is 8.23. The van der Waals surface area contributed by atoms with Gasteiger partial charge in [-0.15, -0.1) is 0 Å². The zero-order valence-electron chi connectivity index (χ0n) is 20.0. The van der Waals surface area contributed by atoms with E-state index in [9.17, 15) is 4.79 Å². The molecule has 0 bridgehead atoms. The van der Waals surface area contributed by atoms with Gasteiger partial charge in [0.2, 0.25) is 5.96 Å². The van der Waals surface area contributed by atoms with Crippen molar-refractivity contribution >= 4 is 96.8 Å². The van der Waals surface area contributed by atoms with Crippen LogP contribution in [0, 0.1) is 22.0 Å². The number of carbonyl (C=O) groups is 1. The molecule has 0 saturated heterocycles. The average Bonchev–Trinajstić information content (AvgIpc) is 2.83. The van der Waals surface area contributed by atoms with Crippen molar-refractivity contribution in [3.8, 4) is 0 Å². The van der Waals surface area contributed by atoms with E-state index in [4.69, 9.17) is 11.1 Å². The zero-order valence-corrected chi connectivity index (χ0v) is 26.5. The topological polar surface area (TPSA) is 99.2 Å². The number of nitrogens with two attached hydrogens (primary N) is 1. The van der Waals surface area contributed by atoms with Crippen LogP contribution in [-0.2, 0) is 12.8 Å². The van der Waals surface area contributed by atoms with E-state index in [1.54, 1.807) is 10.0 Å². The molecule has 1 aromatic heterocycles. The molecule has 0 saturated carbocycles. The molecule has 0 aliphatic carbocycles. The van der Waals surface area contributed by atoms with Gasteiger partial charge in [0.05, 0.1) is 51.4 Å². The number of hydrogen-bond acceptors (Lipinski definition) is 5. The Bertz CT molecular complexity index is 1230. The molecule has 0 radical (unpaired) electrons. The second kappa shape index (κ2) is 12.8. The molecular formula is C25H29I3N6O. The van der Waals surface area contributed by atoms with E-state index >= 15 is 0 Å². The fourth-order valence-corrected chi connectivity index (χ4v) is 5.93. The standard InChI is InChI=1S/C25H29I3N6O/c1-15(2)14-18-12-11-17(19-9-4-5-10-20(18)19)8-6-7-13-33(27)25(30)34(28)24(35)21-22(26)32-23(29)16(3)31-21/h4-5,9-12,15,30H,6-8,13-14H2,1-3H3,(H2,29,32). The van der Waals surface area contributed by atoms with Gasteiger partial charge >= 0.3 is 0 Å². The van der Waals surface area contributed by atoms with Gasteiger partial charge in [-0.3, -0.25) is 13.3 Å². The molecule has 0 aliphatic rings. The number of aromatic nitrogens is 2. The predicted molar refractivity (Wildman–Crippen MR) is 168 cm³/mol. The van der Waals surface area contributed by atoms with Gasteiger partial charge in [-0.05, 0) is 83.0 Å². The van der Waals surface area contributed by atoms with Crippen LogP contribution in [0.15, 0.2) is 36.4 Å².